The second-order valence-corrected chi connectivity index (χ2v) is 8.56. The maximum Gasteiger partial charge on any atom is 0.253 e. The maximum atomic E-state index is 13.2. The van der Waals surface area contributed by atoms with Crippen molar-refractivity contribution in [3.05, 3.63) is 34.1 Å². The van der Waals surface area contributed by atoms with Crippen molar-refractivity contribution in [3.8, 4) is 17.1 Å². The quantitative estimate of drug-likeness (QED) is 0.575. The molecule has 0 unspecified atom stereocenters. The van der Waals surface area contributed by atoms with Crippen molar-refractivity contribution in [2.45, 2.75) is 26.7 Å². The van der Waals surface area contributed by atoms with Gasteiger partial charge in [-0.15, -0.1) is 0 Å². The second kappa shape index (κ2) is 9.38. The monoisotopic (exact) mass is 454 g/mol. The van der Waals surface area contributed by atoms with Gasteiger partial charge in [0.25, 0.3) is 5.91 Å². The zero-order valence-electron chi connectivity index (χ0n) is 19.1. The molecular formula is C23H30N6O2S. The molecule has 1 amide bonds. The van der Waals surface area contributed by atoms with E-state index in [1.807, 2.05) is 37.1 Å². The number of amides is 1. The van der Waals surface area contributed by atoms with Crippen molar-refractivity contribution in [1.82, 2.24) is 29.5 Å². The summed E-state index contributed by atoms with van der Waals surface area (Å²) in [5.41, 5.74) is 4.01. The van der Waals surface area contributed by atoms with Crippen LogP contribution in [0.1, 0.15) is 36.3 Å². The average molecular weight is 455 g/mol. The highest BCUT2D eigenvalue weighted by molar-refractivity contribution is 7.71. The highest BCUT2D eigenvalue weighted by Gasteiger charge is 2.22. The van der Waals surface area contributed by atoms with E-state index in [0.717, 1.165) is 61.3 Å². The fraction of sp³-hybridized carbons (Fsp3) is 0.478. The number of hydrogen-bond donors (Lipinski definition) is 1. The van der Waals surface area contributed by atoms with Gasteiger partial charge in [0, 0.05) is 38.8 Å². The number of carbonyl (C=O) groups is 1. The number of ether oxygens (including phenoxy) is 1. The molecule has 1 fully saturated rings. The maximum absolute atomic E-state index is 13.2. The zero-order chi connectivity index (χ0) is 22.8. The number of aryl methyl sites for hydroxylation is 2. The van der Waals surface area contributed by atoms with E-state index in [1.54, 1.807) is 4.68 Å². The minimum Gasteiger partial charge on any atom is -0.493 e. The van der Waals surface area contributed by atoms with E-state index in [9.17, 15) is 4.79 Å². The topological polar surface area (TPSA) is 79.3 Å². The van der Waals surface area contributed by atoms with Gasteiger partial charge >= 0.3 is 0 Å². The van der Waals surface area contributed by atoms with Gasteiger partial charge < -0.3 is 19.5 Å². The number of likely N-dealkylation sites (N-methyl/N-ethyl adjacent to an activating group) is 1. The lowest BCUT2D eigenvalue weighted by Gasteiger charge is -2.32. The summed E-state index contributed by atoms with van der Waals surface area (Å²) in [6, 6.07) is 5.54. The Kier molecular flexibility index (Phi) is 6.57. The van der Waals surface area contributed by atoms with E-state index < -0.39 is 0 Å². The minimum absolute atomic E-state index is 0.0233. The van der Waals surface area contributed by atoms with Gasteiger partial charge in [0.2, 0.25) is 0 Å². The molecule has 1 N–H and O–H groups in total. The highest BCUT2D eigenvalue weighted by atomic mass is 32.1. The lowest BCUT2D eigenvalue weighted by atomic mass is 10.1. The summed E-state index contributed by atoms with van der Waals surface area (Å²) in [7, 11) is 3.96. The van der Waals surface area contributed by atoms with Gasteiger partial charge in [0.05, 0.1) is 23.4 Å². The molecule has 170 valence electrons. The van der Waals surface area contributed by atoms with Crippen LogP contribution in [0.3, 0.4) is 0 Å². The average Bonchev–Trinajstić information content (AvgIpc) is 3.10. The van der Waals surface area contributed by atoms with Crippen molar-refractivity contribution < 1.29 is 9.53 Å². The van der Waals surface area contributed by atoms with E-state index in [4.69, 9.17) is 17.0 Å². The summed E-state index contributed by atoms with van der Waals surface area (Å²) in [4.78, 5) is 25.4. The van der Waals surface area contributed by atoms with Gasteiger partial charge in [0.15, 0.2) is 4.64 Å². The van der Waals surface area contributed by atoms with Crippen molar-refractivity contribution in [3.63, 3.8) is 0 Å². The summed E-state index contributed by atoms with van der Waals surface area (Å²) < 4.78 is 8.13. The number of nitrogens with one attached hydrogen (secondary N) is 1. The van der Waals surface area contributed by atoms with Gasteiger partial charge in [-0.05, 0) is 38.6 Å². The van der Waals surface area contributed by atoms with Crippen molar-refractivity contribution in [2.24, 2.45) is 7.05 Å². The van der Waals surface area contributed by atoms with Gasteiger partial charge in [-0.3, -0.25) is 9.48 Å². The first-order chi connectivity index (χ1) is 15.4. The third-order valence-corrected chi connectivity index (χ3v) is 6.12. The van der Waals surface area contributed by atoms with Crippen LogP contribution in [0.5, 0.6) is 5.75 Å². The molecular weight excluding hydrogens is 424 g/mol. The lowest BCUT2D eigenvalue weighted by Crippen LogP contribution is -2.47. The van der Waals surface area contributed by atoms with E-state index in [-0.39, 0.29) is 5.91 Å². The van der Waals surface area contributed by atoms with E-state index in [1.165, 1.54) is 0 Å². The molecule has 2 aromatic heterocycles. The molecule has 0 saturated carbocycles. The molecule has 4 rings (SSSR count). The summed E-state index contributed by atoms with van der Waals surface area (Å²) in [6.45, 7) is 7.77. The Bertz CT molecular complexity index is 1190. The molecule has 3 heterocycles. The number of hydrogen-bond acceptors (Lipinski definition) is 6. The third-order valence-electron chi connectivity index (χ3n) is 5.84. The fourth-order valence-corrected chi connectivity index (χ4v) is 4.44. The normalized spacial score (nSPS) is 14.8. The van der Waals surface area contributed by atoms with Gasteiger partial charge in [-0.2, -0.15) is 5.10 Å². The second-order valence-electron chi connectivity index (χ2n) is 8.17. The molecule has 0 aliphatic carbocycles. The van der Waals surface area contributed by atoms with Crippen molar-refractivity contribution in [2.75, 3.05) is 39.8 Å². The molecule has 9 heteroatoms. The van der Waals surface area contributed by atoms with Crippen molar-refractivity contribution in [1.29, 1.82) is 0 Å². The van der Waals surface area contributed by atoms with Crippen LogP contribution >= 0.6 is 12.2 Å². The largest absolute Gasteiger partial charge is 0.493 e. The third kappa shape index (κ3) is 4.27. The number of fused-ring (bicyclic) bond motifs is 1. The Morgan fingerprint density at radius 1 is 1.19 bits per heavy atom. The highest BCUT2D eigenvalue weighted by Crippen LogP contribution is 2.31. The first-order valence-electron chi connectivity index (χ1n) is 11.1. The molecule has 1 aliphatic rings. The summed E-state index contributed by atoms with van der Waals surface area (Å²) >= 11 is 5.62. The number of piperazine rings is 1. The van der Waals surface area contributed by atoms with Crippen LogP contribution in [0, 0.1) is 4.64 Å². The predicted molar refractivity (Wildman–Crippen MR) is 128 cm³/mol. The van der Waals surface area contributed by atoms with Crippen LogP contribution in [0.25, 0.3) is 22.4 Å². The molecule has 1 saturated heterocycles. The Balaban J connectivity index is 1.80. The molecule has 0 bridgehead atoms. The van der Waals surface area contributed by atoms with E-state index >= 15 is 0 Å². The number of rotatable bonds is 6. The predicted octanol–water partition coefficient (Wildman–Crippen LogP) is 3.43. The van der Waals surface area contributed by atoms with E-state index in [0.29, 0.717) is 28.4 Å². The summed E-state index contributed by atoms with van der Waals surface area (Å²) in [6.07, 6.45) is 1.82. The van der Waals surface area contributed by atoms with Crippen LogP contribution in [-0.4, -0.2) is 75.3 Å². The Morgan fingerprint density at radius 3 is 2.62 bits per heavy atom. The van der Waals surface area contributed by atoms with Crippen LogP contribution in [0.4, 0.5) is 0 Å². The molecule has 0 atom stereocenters. The molecule has 0 radical (unpaired) electrons. The first-order valence-corrected chi connectivity index (χ1v) is 11.5. The SMILES string of the molecule is CCCc1nn(C)c2c(=S)nc(-c3cc(C(=O)N4CCN(C)CC4)ccc3OCC)[nH]c12. The Labute approximate surface area is 193 Å². The van der Waals surface area contributed by atoms with Crippen LogP contribution in [0.15, 0.2) is 18.2 Å². The Morgan fingerprint density at radius 2 is 1.94 bits per heavy atom. The molecule has 1 aliphatic heterocycles. The lowest BCUT2D eigenvalue weighted by molar-refractivity contribution is 0.0664. The van der Waals surface area contributed by atoms with Gasteiger partial charge in [-0.25, -0.2) is 4.98 Å². The molecule has 8 nitrogen and oxygen atoms in total. The summed E-state index contributed by atoms with van der Waals surface area (Å²) in [5, 5.41) is 4.63. The standard InChI is InChI=1S/C23H30N6O2S/c1-5-7-17-19-20(28(4)26-17)22(32)25-21(24-19)16-14-15(8-9-18(16)31-6-2)23(30)29-12-10-27(3)11-13-29/h8-9,14H,5-7,10-13H2,1-4H3,(H,24,25,32). The molecule has 0 spiro atoms. The van der Waals surface area contributed by atoms with Gasteiger partial charge in [-0.1, -0.05) is 25.6 Å². The van der Waals surface area contributed by atoms with Crippen LogP contribution in [-0.2, 0) is 13.5 Å². The smallest absolute Gasteiger partial charge is 0.253 e. The fourth-order valence-electron chi connectivity index (χ4n) is 4.12. The zero-order valence-corrected chi connectivity index (χ0v) is 20.0. The minimum atomic E-state index is 0.0233. The number of aromatic amines is 1. The van der Waals surface area contributed by atoms with E-state index in [2.05, 4.69) is 33.9 Å². The van der Waals surface area contributed by atoms with Crippen molar-refractivity contribution >= 4 is 29.2 Å². The number of aromatic nitrogens is 4. The first kappa shape index (κ1) is 22.4. The number of benzene rings is 1. The molecule has 3 aromatic rings. The number of H-pyrrole nitrogens is 1. The molecule has 1 aromatic carbocycles. The van der Waals surface area contributed by atoms with Gasteiger partial charge in [0.1, 0.15) is 17.1 Å². The summed E-state index contributed by atoms with van der Waals surface area (Å²) in [5.74, 6) is 1.28. The Hall–Kier alpha value is -2.78. The van der Waals surface area contributed by atoms with Crippen LogP contribution in [0.2, 0.25) is 0 Å². The number of carbonyl (C=O) groups excluding carboxylic acids is 1. The number of nitrogens with zero attached hydrogens (tertiary/aromatic N) is 5. The van der Waals surface area contributed by atoms with Crippen LogP contribution < -0.4 is 4.74 Å². The molecule has 32 heavy (non-hydrogen) atoms.